The second-order valence-electron chi connectivity index (χ2n) is 4.33. The van der Waals surface area contributed by atoms with Crippen molar-refractivity contribution in [2.75, 3.05) is 13.2 Å². The molecule has 0 saturated heterocycles. The third kappa shape index (κ3) is 9.98. The van der Waals surface area contributed by atoms with E-state index in [0.29, 0.717) is 19.6 Å². The number of carbonyl (C=O) groups is 2. The number of ether oxygens (including phenoxy) is 1. The Balaban J connectivity index is 3.97. The molecule has 0 aromatic rings. The van der Waals surface area contributed by atoms with Crippen molar-refractivity contribution in [2.24, 2.45) is 16.5 Å². The summed E-state index contributed by atoms with van der Waals surface area (Å²) in [6.45, 7) is 2.65. The number of nitrogens with one attached hydrogen (secondary N) is 1. The Kier molecular flexibility index (Phi) is 9.81. The standard InChI is InChI=1S/C12H24N4O4/c1-2-3-4-8-20-12(19)16-9(10(17)18)6-5-7-15-11(13)14/h9H,2-8H2,1H3,(H,16,19)(H,17,18)(H4,13,14,15)/t9-/m0/s1. The van der Waals surface area contributed by atoms with Gasteiger partial charge in [-0.05, 0) is 19.3 Å². The van der Waals surface area contributed by atoms with Crippen LogP contribution in [0.5, 0.6) is 0 Å². The fourth-order valence-electron chi connectivity index (χ4n) is 1.46. The normalized spacial score (nSPS) is 11.4. The van der Waals surface area contributed by atoms with Crippen LogP contribution in [0.25, 0.3) is 0 Å². The monoisotopic (exact) mass is 288 g/mol. The summed E-state index contributed by atoms with van der Waals surface area (Å²) in [5.74, 6) is -1.15. The number of aliphatic carboxylic acids is 1. The van der Waals surface area contributed by atoms with E-state index >= 15 is 0 Å². The highest BCUT2D eigenvalue weighted by Crippen LogP contribution is 2.00. The SMILES string of the molecule is CCCCCOC(=O)N[C@@H](CCCN=C(N)N)C(=O)O. The first-order valence-electron chi connectivity index (χ1n) is 6.68. The summed E-state index contributed by atoms with van der Waals surface area (Å²) < 4.78 is 4.89. The van der Waals surface area contributed by atoms with Gasteiger partial charge in [0, 0.05) is 6.54 Å². The minimum atomic E-state index is -1.11. The van der Waals surface area contributed by atoms with Gasteiger partial charge in [-0.15, -0.1) is 0 Å². The molecule has 0 heterocycles. The third-order valence-corrected chi connectivity index (χ3v) is 2.52. The van der Waals surface area contributed by atoms with Crippen molar-refractivity contribution in [2.45, 2.75) is 45.1 Å². The van der Waals surface area contributed by atoms with Crippen LogP contribution < -0.4 is 16.8 Å². The van der Waals surface area contributed by atoms with Crippen molar-refractivity contribution in [3.05, 3.63) is 0 Å². The van der Waals surface area contributed by atoms with Gasteiger partial charge in [0.15, 0.2) is 5.96 Å². The molecule has 0 rings (SSSR count). The average molecular weight is 288 g/mol. The summed E-state index contributed by atoms with van der Waals surface area (Å²) in [5.41, 5.74) is 10.3. The molecule has 8 heteroatoms. The van der Waals surface area contributed by atoms with E-state index in [9.17, 15) is 9.59 Å². The molecule has 0 aliphatic rings. The summed E-state index contributed by atoms with van der Waals surface area (Å²) in [6, 6.07) is -0.997. The molecule has 0 aliphatic carbocycles. The molecule has 0 bridgehead atoms. The molecule has 1 amide bonds. The third-order valence-electron chi connectivity index (χ3n) is 2.52. The minimum Gasteiger partial charge on any atom is -0.480 e. The van der Waals surface area contributed by atoms with E-state index in [1.807, 2.05) is 6.92 Å². The van der Waals surface area contributed by atoms with Crippen LogP contribution >= 0.6 is 0 Å². The Morgan fingerprint density at radius 3 is 2.55 bits per heavy atom. The molecule has 0 fully saturated rings. The molecule has 0 aliphatic heterocycles. The van der Waals surface area contributed by atoms with Gasteiger partial charge in [0.2, 0.25) is 0 Å². The van der Waals surface area contributed by atoms with Crippen LogP contribution in [0.1, 0.15) is 39.0 Å². The van der Waals surface area contributed by atoms with Crippen LogP contribution in [-0.4, -0.2) is 42.3 Å². The van der Waals surface area contributed by atoms with Gasteiger partial charge in [-0.25, -0.2) is 9.59 Å². The number of alkyl carbamates (subject to hydrolysis) is 1. The summed E-state index contributed by atoms with van der Waals surface area (Å²) in [6.07, 6.45) is 2.73. The lowest BCUT2D eigenvalue weighted by Crippen LogP contribution is -2.41. The lowest BCUT2D eigenvalue weighted by Gasteiger charge is -2.14. The van der Waals surface area contributed by atoms with E-state index in [0.717, 1.165) is 19.3 Å². The molecule has 0 spiro atoms. The molecule has 0 aromatic carbocycles. The maximum Gasteiger partial charge on any atom is 0.407 e. The lowest BCUT2D eigenvalue weighted by atomic mass is 10.1. The van der Waals surface area contributed by atoms with Crippen molar-refractivity contribution in [3.8, 4) is 0 Å². The number of guanidine groups is 1. The van der Waals surface area contributed by atoms with E-state index in [-0.39, 0.29) is 12.4 Å². The predicted molar refractivity (Wildman–Crippen MR) is 75.3 cm³/mol. The Bertz CT molecular complexity index is 329. The highest BCUT2D eigenvalue weighted by atomic mass is 16.5. The zero-order valence-electron chi connectivity index (χ0n) is 11.8. The molecule has 1 atom stereocenters. The molecule has 0 aromatic heterocycles. The number of nitrogens with zero attached hydrogens (tertiary/aromatic N) is 1. The average Bonchev–Trinajstić information content (AvgIpc) is 2.37. The number of aliphatic imine (C=N–C) groups is 1. The first kappa shape index (κ1) is 18.0. The van der Waals surface area contributed by atoms with E-state index < -0.39 is 18.1 Å². The van der Waals surface area contributed by atoms with Crippen LogP contribution in [0.3, 0.4) is 0 Å². The highest BCUT2D eigenvalue weighted by Gasteiger charge is 2.19. The van der Waals surface area contributed by atoms with Crippen molar-refractivity contribution >= 4 is 18.0 Å². The van der Waals surface area contributed by atoms with Gasteiger partial charge in [-0.2, -0.15) is 0 Å². The topological polar surface area (TPSA) is 140 Å². The quantitative estimate of drug-likeness (QED) is 0.261. The molecular formula is C12H24N4O4. The van der Waals surface area contributed by atoms with E-state index in [4.69, 9.17) is 21.3 Å². The predicted octanol–water partition coefficient (Wildman–Crippen LogP) is 0.410. The number of carbonyl (C=O) groups excluding carboxylic acids is 1. The molecular weight excluding hydrogens is 264 g/mol. The zero-order chi connectivity index (χ0) is 15.4. The molecule has 0 unspecified atom stereocenters. The summed E-state index contributed by atoms with van der Waals surface area (Å²) in [4.78, 5) is 26.1. The number of rotatable bonds is 10. The van der Waals surface area contributed by atoms with Crippen LogP contribution in [0.15, 0.2) is 4.99 Å². The maximum absolute atomic E-state index is 11.4. The molecule has 6 N–H and O–H groups in total. The van der Waals surface area contributed by atoms with Crippen molar-refractivity contribution in [1.29, 1.82) is 0 Å². The van der Waals surface area contributed by atoms with Gasteiger partial charge in [0.05, 0.1) is 6.61 Å². The van der Waals surface area contributed by atoms with Crippen LogP contribution in [0, 0.1) is 0 Å². The van der Waals surface area contributed by atoms with Crippen LogP contribution in [0.2, 0.25) is 0 Å². The van der Waals surface area contributed by atoms with Gasteiger partial charge < -0.3 is 26.6 Å². The zero-order valence-corrected chi connectivity index (χ0v) is 11.8. The summed E-state index contributed by atoms with van der Waals surface area (Å²) in [7, 11) is 0. The Morgan fingerprint density at radius 2 is 2.00 bits per heavy atom. The Labute approximate surface area is 118 Å². The van der Waals surface area contributed by atoms with E-state index in [2.05, 4.69) is 10.3 Å². The molecule has 116 valence electrons. The number of nitrogens with two attached hydrogens (primary N) is 2. The minimum absolute atomic E-state index is 0.0415. The van der Waals surface area contributed by atoms with Crippen molar-refractivity contribution in [3.63, 3.8) is 0 Å². The maximum atomic E-state index is 11.4. The molecule has 0 radical (unpaired) electrons. The van der Waals surface area contributed by atoms with E-state index in [1.165, 1.54) is 0 Å². The fraction of sp³-hybridized carbons (Fsp3) is 0.750. The number of amides is 1. The number of carboxylic acid groups (broad SMARTS) is 1. The number of hydrogen-bond acceptors (Lipinski definition) is 4. The highest BCUT2D eigenvalue weighted by molar-refractivity contribution is 5.79. The second-order valence-corrected chi connectivity index (χ2v) is 4.33. The number of carboxylic acids is 1. The van der Waals surface area contributed by atoms with Crippen molar-refractivity contribution in [1.82, 2.24) is 5.32 Å². The number of hydrogen-bond donors (Lipinski definition) is 4. The largest absolute Gasteiger partial charge is 0.480 e. The van der Waals surface area contributed by atoms with Crippen molar-refractivity contribution < 1.29 is 19.4 Å². The van der Waals surface area contributed by atoms with E-state index in [1.54, 1.807) is 0 Å². The first-order valence-corrected chi connectivity index (χ1v) is 6.68. The van der Waals surface area contributed by atoms with Gasteiger partial charge in [-0.1, -0.05) is 19.8 Å². The lowest BCUT2D eigenvalue weighted by molar-refractivity contribution is -0.139. The van der Waals surface area contributed by atoms with Gasteiger partial charge in [-0.3, -0.25) is 4.99 Å². The Hall–Kier alpha value is -1.99. The smallest absolute Gasteiger partial charge is 0.407 e. The second kappa shape index (κ2) is 10.9. The molecule has 0 saturated carbocycles. The number of unbranched alkanes of at least 4 members (excludes halogenated alkanes) is 2. The summed E-state index contributed by atoms with van der Waals surface area (Å²) in [5, 5.41) is 11.3. The first-order chi connectivity index (χ1) is 9.47. The van der Waals surface area contributed by atoms with Crippen LogP contribution in [0.4, 0.5) is 4.79 Å². The van der Waals surface area contributed by atoms with Gasteiger partial charge in [0.25, 0.3) is 0 Å². The molecule has 8 nitrogen and oxygen atoms in total. The van der Waals surface area contributed by atoms with Gasteiger partial charge >= 0.3 is 12.1 Å². The summed E-state index contributed by atoms with van der Waals surface area (Å²) >= 11 is 0. The Morgan fingerprint density at radius 1 is 1.30 bits per heavy atom. The fourth-order valence-corrected chi connectivity index (χ4v) is 1.46. The van der Waals surface area contributed by atoms with Gasteiger partial charge in [0.1, 0.15) is 6.04 Å². The molecule has 20 heavy (non-hydrogen) atoms. The van der Waals surface area contributed by atoms with Crippen LogP contribution in [-0.2, 0) is 9.53 Å².